The first-order valence-electron chi connectivity index (χ1n) is 9.52. The van der Waals surface area contributed by atoms with E-state index in [-0.39, 0.29) is 6.04 Å². The second-order valence-electron chi connectivity index (χ2n) is 7.17. The van der Waals surface area contributed by atoms with Crippen LogP contribution in [0, 0.1) is 11.3 Å². The molecule has 0 bridgehead atoms. The Kier molecular flexibility index (Phi) is 8.02. The molecule has 0 aliphatic carbocycles. The van der Waals surface area contributed by atoms with Crippen molar-refractivity contribution in [2.45, 2.75) is 64.0 Å². The Morgan fingerprint density at radius 2 is 1.46 bits per heavy atom. The molecule has 2 atom stereocenters. The number of rotatable bonds is 10. The van der Waals surface area contributed by atoms with Crippen molar-refractivity contribution >= 4 is 0 Å². The predicted molar refractivity (Wildman–Crippen MR) is 107 cm³/mol. The topological polar surface area (TPSA) is 48.5 Å². The summed E-state index contributed by atoms with van der Waals surface area (Å²) >= 11 is 0. The second-order valence-corrected chi connectivity index (χ2v) is 7.17. The molecular weight excluding hydrogens is 318 g/mol. The molecule has 0 saturated carbocycles. The highest BCUT2D eigenvalue weighted by molar-refractivity contribution is 5.15. The van der Waals surface area contributed by atoms with E-state index in [9.17, 15) is 5.26 Å². The minimum Gasteiger partial charge on any atom is -0.196 e. The van der Waals surface area contributed by atoms with Crippen molar-refractivity contribution in [3.8, 4) is 6.07 Å². The van der Waals surface area contributed by atoms with Crippen LogP contribution in [0.25, 0.3) is 0 Å². The van der Waals surface area contributed by atoms with Crippen LogP contribution in [-0.2, 0) is 12.8 Å². The van der Waals surface area contributed by atoms with Crippen molar-refractivity contribution in [2.24, 2.45) is 10.2 Å². The highest BCUT2D eigenvalue weighted by Gasteiger charge is 2.23. The van der Waals surface area contributed by atoms with Crippen LogP contribution in [0.15, 0.2) is 70.9 Å². The van der Waals surface area contributed by atoms with Crippen LogP contribution in [-0.4, -0.2) is 11.6 Å². The largest absolute Gasteiger partial charge is 0.196 e. The Balaban J connectivity index is 1.74. The van der Waals surface area contributed by atoms with Crippen LogP contribution in [0.3, 0.4) is 0 Å². The Hall–Kier alpha value is -2.47. The van der Waals surface area contributed by atoms with Crippen molar-refractivity contribution in [1.29, 1.82) is 5.26 Å². The summed E-state index contributed by atoms with van der Waals surface area (Å²) in [5, 5.41) is 18.3. The van der Waals surface area contributed by atoms with Gasteiger partial charge in [-0.2, -0.15) is 15.5 Å². The molecule has 26 heavy (non-hydrogen) atoms. The number of aryl methyl sites for hydroxylation is 2. The molecule has 2 rings (SSSR count). The molecule has 3 heteroatoms. The van der Waals surface area contributed by atoms with E-state index in [1.807, 2.05) is 19.1 Å². The van der Waals surface area contributed by atoms with E-state index in [0.29, 0.717) is 0 Å². The molecule has 3 nitrogen and oxygen atoms in total. The van der Waals surface area contributed by atoms with Gasteiger partial charge in [0.25, 0.3) is 0 Å². The van der Waals surface area contributed by atoms with Gasteiger partial charge in [-0.05, 0) is 63.5 Å². The van der Waals surface area contributed by atoms with Gasteiger partial charge in [-0.1, -0.05) is 60.7 Å². The second kappa shape index (κ2) is 10.5. The normalized spacial score (nSPS) is 14.7. The molecule has 0 aliphatic rings. The minimum atomic E-state index is -0.720. The van der Waals surface area contributed by atoms with Gasteiger partial charge in [-0.3, -0.25) is 0 Å². The molecule has 0 spiro atoms. The SMILES string of the molecule is CC(CCCc1ccccc1)/N=N/C(C)(C#N)CCCc1ccccc1. The van der Waals surface area contributed by atoms with E-state index in [2.05, 4.69) is 71.8 Å². The molecule has 2 aromatic carbocycles. The molecule has 0 saturated heterocycles. The lowest BCUT2D eigenvalue weighted by molar-refractivity contribution is 0.473. The Morgan fingerprint density at radius 1 is 0.923 bits per heavy atom. The monoisotopic (exact) mass is 347 g/mol. The first-order chi connectivity index (χ1) is 12.6. The third-order valence-corrected chi connectivity index (χ3v) is 4.62. The number of hydrogen-bond acceptors (Lipinski definition) is 3. The molecule has 0 radical (unpaired) electrons. The molecule has 0 aromatic heterocycles. The summed E-state index contributed by atoms with van der Waals surface area (Å²) in [4.78, 5) is 0. The van der Waals surface area contributed by atoms with E-state index in [1.54, 1.807) is 0 Å². The van der Waals surface area contributed by atoms with Gasteiger partial charge in [0.2, 0.25) is 0 Å². The van der Waals surface area contributed by atoms with E-state index >= 15 is 0 Å². The molecule has 136 valence electrons. The van der Waals surface area contributed by atoms with Gasteiger partial charge in [-0.25, -0.2) is 0 Å². The number of nitrogens with zero attached hydrogens (tertiary/aromatic N) is 3. The maximum Gasteiger partial charge on any atom is 0.164 e. The summed E-state index contributed by atoms with van der Waals surface area (Å²) in [6.07, 6.45) is 5.78. The van der Waals surface area contributed by atoms with Crippen LogP contribution in [0.5, 0.6) is 0 Å². The van der Waals surface area contributed by atoms with Gasteiger partial charge in [0, 0.05) is 0 Å². The molecule has 0 fully saturated rings. The van der Waals surface area contributed by atoms with E-state index < -0.39 is 5.54 Å². The van der Waals surface area contributed by atoms with Crippen molar-refractivity contribution in [3.05, 3.63) is 71.8 Å². The number of nitriles is 1. The molecule has 2 unspecified atom stereocenters. The summed E-state index contributed by atoms with van der Waals surface area (Å²) in [5.74, 6) is 0. The molecule has 0 N–H and O–H groups in total. The fourth-order valence-corrected chi connectivity index (χ4v) is 2.94. The zero-order valence-electron chi connectivity index (χ0n) is 15.9. The zero-order valence-corrected chi connectivity index (χ0v) is 15.9. The van der Waals surface area contributed by atoms with E-state index in [4.69, 9.17) is 0 Å². The van der Waals surface area contributed by atoms with Crippen LogP contribution in [0.1, 0.15) is 50.7 Å². The first-order valence-corrected chi connectivity index (χ1v) is 9.52. The van der Waals surface area contributed by atoms with E-state index in [1.165, 1.54) is 11.1 Å². The third-order valence-electron chi connectivity index (χ3n) is 4.62. The smallest absolute Gasteiger partial charge is 0.164 e. The van der Waals surface area contributed by atoms with Gasteiger partial charge >= 0.3 is 0 Å². The Labute approximate surface area is 157 Å². The summed E-state index contributed by atoms with van der Waals surface area (Å²) in [6, 6.07) is 23.4. The number of hydrogen-bond donors (Lipinski definition) is 0. The van der Waals surface area contributed by atoms with Gasteiger partial charge in [0.1, 0.15) is 0 Å². The molecule has 0 aliphatic heterocycles. The lowest BCUT2D eigenvalue weighted by atomic mass is 9.96. The summed E-state index contributed by atoms with van der Waals surface area (Å²) in [6.45, 7) is 3.97. The first kappa shape index (κ1) is 19.8. The van der Waals surface area contributed by atoms with Crippen LogP contribution >= 0.6 is 0 Å². The molecule has 0 amide bonds. The quantitative estimate of drug-likeness (QED) is 0.475. The standard InChI is InChI=1S/C23H29N3/c1-20(11-9-16-21-12-5-3-6-13-21)25-26-23(2,19-24)18-10-17-22-14-7-4-8-15-22/h3-8,12-15,20H,9-11,16-18H2,1-2H3/b26-25+. The predicted octanol–water partition coefficient (Wildman–Crippen LogP) is 6.16. The fraction of sp³-hybridized carbons (Fsp3) is 0.435. The van der Waals surface area contributed by atoms with Crippen LogP contribution in [0.4, 0.5) is 0 Å². The van der Waals surface area contributed by atoms with Gasteiger partial charge in [0.15, 0.2) is 5.54 Å². The van der Waals surface area contributed by atoms with E-state index in [0.717, 1.165) is 38.5 Å². The summed E-state index contributed by atoms with van der Waals surface area (Å²) < 4.78 is 0. The highest BCUT2D eigenvalue weighted by Crippen LogP contribution is 2.20. The maximum atomic E-state index is 9.52. The van der Waals surface area contributed by atoms with Crippen molar-refractivity contribution in [3.63, 3.8) is 0 Å². The Bertz CT molecular complexity index is 703. The van der Waals surface area contributed by atoms with Gasteiger partial charge < -0.3 is 0 Å². The molecule has 0 heterocycles. The van der Waals surface area contributed by atoms with Crippen LogP contribution in [0.2, 0.25) is 0 Å². The summed E-state index contributed by atoms with van der Waals surface area (Å²) in [7, 11) is 0. The number of benzene rings is 2. The lowest BCUT2D eigenvalue weighted by Crippen LogP contribution is -2.19. The van der Waals surface area contributed by atoms with Crippen molar-refractivity contribution in [2.75, 3.05) is 0 Å². The lowest BCUT2D eigenvalue weighted by Gasteiger charge is -2.16. The Morgan fingerprint density at radius 3 is 2.00 bits per heavy atom. The minimum absolute atomic E-state index is 0.153. The van der Waals surface area contributed by atoms with Crippen molar-refractivity contribution < 1.29 is 0 Å². The fourth-order valence-electron chi connectivity index (χ4n) is 2.94. The maximum absolute atomic E-state index is 9.52. The van der Waals surface area contributed by atoms with Gasteiger partial charge in [-0.15, -0.1) is 0 Å². The average Bonchev–Trinajstić information content (AvgIpc) is 2.68. The third kappa shape index (κ3) is 7.19. The van der Waals surface area contributed by atoms with Crippen molar-refractivity contribution in [1.82, 2.24) is 0 Å². The highest BCUT2D eigenvalue weighted by atomic mass is 15.2. The zero-order chi connectivity index (χ0) is 18.7. The number of azo groups is 1. The molecular formula is C23H29N3. The van der Waals surface area contributed by atoms with Crippen LogP contribution < -0.4 is 0 Å². The molecule has 2 aromatic rings. The van der Waals surface area contributed by atoms with Gasteiger partial charge in [0.05, 0.1) is 12.1 Å². The summed E-state index contributed by atoms with van der Waals surface area (Å²) in [5.41, 5.74) is 1.95. The average molecular weight is 348 g/mol.